The van der Waals surface area contributed by atoms with Gasteiger partial charge in [-0.3, -0.25) is 0 Å². The monoisotopic (exact) mass is 238 g/mol. The Labute approximate surface area is 98.6 Å². The molecule has 0 saturated heterocycles. The highest BCUT2D eigenvalue weighted by Gasteiger charge is 2.07. The second kappa shape index (κ2) is 4.78. The van der Waals surface area contributed by atoms with E-state index in [9.17, 15) is 4.39 Å². The summed E-state index contributed by atoms with van der Waals surface area (Å²) in [6, 6.07) is 5.92. The number of hydrogen-bond donors (Lipinski definition) is 1. The van der Waals surface area contributed by atoms with Crippen molar-refractivity contribution in [3.05, 3.63) is 24.4 Å². The van der Waals surface area contributed by atoms with Crippen LogP contribution in [0.1, 0.15) is 6.92 Å². The number of aryl methyl sites for hydroxylation is 1. The average molecular weight is 238 g/mol. The zero-order valence-corrected chi connectivity index (χ0v) is 10.1. The number of fused-ring (bicyclic) bond motifs is 1. The van der Waals surface area contributed by atoms with Gasteiger partial charge >= 0.3 is 0 Å². The van der Waals surface area contributed by atoms with E-state index in [2.05, 4.69) is 6.92 Å². The van der Waals surface area contributed by atoms with Crippen molar-refractivity contribution in [2.75, 3.05) is 18.2 Å². The fourth-order valence-corrected chi connectivity index (χ4v) is 2.70. The van der Waals surface area contributed by atoms with Crippen molar-refractivity contribution in [1.82, 2.24) is 4.57 Å². The maximum absolute atomic E-state index is 12.4. The lowest BCUT2D eigenvalue weighted by Crippen LogP contribution is -1.98. The van der Waals surface area contributed by atoms with Gasteiger partial charge in [-0.25, -0.2) is 4.39 Å². The Kier molecular flexibility index (Phi) is 3.39. The van der Waals surface area contributed by atoms with Gasteiger partial charge in [-0.15, -0.1) is 11.8 Å². The molecule has 0 amide bonds. The molecular weight excluding hydrogens is 223 g/mol. The Balaban J connectivity index is 2.56. The lowest BCUT2D eigenvalue weighted by Gasteiger charge is -2.06. The van der Waals surface area contributed by atoms with Crippen LogP contribution in [0.25, 0.3) is 10.9 Å². The van der Waals surface area contributed by atoms with Gasteiger partial charge in [0.25, 0.3) is 0 Å². The fraction of sp³-hybridized carbons (Fsp3) is 0.333. The average Bonchev–Trinajstić information content (AvgIpc) is 2.63. The number of thioether (sulfide) groups is 1. The van der Waals surface area contributed by atoms with Gasteiger partial charge in [-0.2, -0.15) is 0 Å². The quantitative estimate of drug-likeness (QED) is 0.654. The lowest BCUT2D eigenvalue weighted by molar-refractivity contribution is 0.451. The minimum Gasteiger partial charge on any atom is -0.399 e. The van der Waals surface area contributed by atoms with Crippen LogP contribution in [0.4, 0.5) is 10.1 Å². The van der Waals surface area contributed by atoms with Crippen molar-refractivity contribution in [3.8, 4) is 0 Å². The molecule has 0 spiro atoms. The molecule has 4 heteroatoms. The minimum atomic E-state index is -0.352. The van der Waals surface area contributed by atoms with E-state index >= 15 is 0 Å². The molecule has 0 aliphatic rings. The van der Waals surface area contributed by atoms with Gasteiger partial charge in [0.1, 0.15) is 6.67 Å². The largest absolute Gasteiger partial charge is 0.399 e. The number of anilines is 1. The van der Waals surface area contributed by atoms with Gasteiger partial charge in [0.05, 0.1) is 12.1 Å². The lowest BCUT2D eigenvalue weighted by atomic mass is 10.2. The molecular formula is C12H15FN2S. The van der Waals surface area contributed by atoms with E-state index in [-0.39, 0.29) is 6.67 Å². The van der Waals surface area contributed by atoms with Crippen molar-refractivity contribution in [1.29, 1.82) is 0 Å². The summed E-state index contributed by atoms with van der Waals surface area (Å²) in [4.78, 5) is 1.18. The number of rotatable bonds is 4. The van der Waals surface area contributed by atoms with Gasteiger partial charge in [0.2, 0.25) is 0 Å². The molecule has 0 radical (unpaired) electrons. The van der Waals surface area contributed by atoms with Gasteiger partial charge in [-0.1, -0.05) is 6.92 Å². The van der Waals surface area contributed by atoms with Crippen LogP contribution in [-0.2, 0) is 6.54 Å². The number of alkyl halides is 1. The smallest absolute Gasteiger partial charge is 0.107 e. The standard InChI is InChI=1S/C12H15FN2S/c1-2-16-12-8-9(14)7-11-10(12)3-5-15(11)6-4-13/h3,5,7-8H,2,4,6,14H2,1H3. The van der Waals surface area contributed by atoms with Crippen molar-refractivity contribution >= 4 is 28.4 Å². The summed E-state index contributed by atoms with van der Waals surface area (Å²) in [7, 11) is 0. The Morgan fingerprint density at radius 3 is 2.94 bits per heavy atom. The fourth-order valence-electron chi connectivity index (χ4n) is 1.84. The highest BCUT2D eigenvalue weighted by Crippen LogP contribution is 2.31. The van der Waals surface area contributed by atoms with E-state index in [0.717, 1.165) is 22.3 Å². The van der Waals surface area contributed by atoms with Crippen molar-refractivity contribution in [3.63, 3.8) is 0 Å². The Bertz CT molecular complexity index is 493. The number of nitrogens with two attached hydrogens (primary N) is 1. The second-order valence-corrected chi connectivity index (χ2v) is 4.89. The SMILES string of the molecule is CCSc1cc(N)cc2c1ccn2CCF. The van der Waals surface area contributed by atoms with Crippen LogP contribution in [-0.4, -0.2) is 17.0 Å². The summed E-state index contributed by atoms with van der Waals surface area (Å²) in [5.41, 5.74) is 7.62. The minimum absolute atomic E-state index is 0.352. The summed E-state index contributed by atoms with van der Waals surface area (Å²) in [6.45, 7) is 2.15. The second-order valence-electron chi connectivity index (χ2n) is 3.58. The summed E-state index contributed by atoms with van der Waals surface area (Å²) in [5, 5.41) is 1.16. The molecule has 2 nitrogen and oxygen atoms in total. The first-order valence-electron chi connectivity index (χ1n) is 5.33. The molecule has 1 heterocycles. The van der Waals surface area contributed by atoms with E-state index in [1.54, 1.807) is 11.8 Å². The normalized spacial score (nSPS) is 11.1. The molecule has 0 saturated carbocycles. The predicted octanol–water partition coefficient (Wildman–Crippen LogP) is 3.31. The summed E-state index contributed by atoms with van der Waals surface area (Å²) >= 11 is 1.76. The molecule has 86 valence electrons. The molecule has 0 bridgehead atoms. The van der Waals surface area contributed by atoms with Gasteiger partial charge in [0.15, 0.2) is 0 Å². The van der Waals surface area contributed by atoms with Gasteiger partial charge in [-0.05, 0) is 24.0 Å². The third-order valence-corrected chi connectivity index (χ3v) is 3.44. The first-order chi connectivity index (χ1) is 7.76. The Morgan fingerprint density at radius 1 is 1.44 bits per heavy atom. The molecule has 2 aromatic rings. The van der Waals surface area contributed by atoms with Crippen LogP contribution in [0.5, 0.6) is 0 Å². The highest BCUT2D eigenvalue weighted by atomic mass is 32.2. The van der Waals surface area contributed by atoms with Crippen LogP contribution < -0.4 is 5.73 Å². The Hall–Kier alpha value is -1.16. The van der Waals surface area contributed by atoms with Crippen molar-refractivity contribution < 1.29 is 4.39 Å². The topological polar surface area (TPSA) is 30.9 Å². The van der Waals surface area contributed by atoms with Crippen molar-refractivity contribution in [2.24, 2.45) is 0 Å². The molecule has 0 aliphatic carbocycles. The number of halogens is 1. The molecule has 0 atom stereocenters. The van der Waals surface area contributed by atoms with E-state index < -0.39 is 0 Å². The van der Waals surface area contributed by atoms with E-state index in [1.807, 2.05) is 29.0 Å². The number of benzene rings is 1. The summed E-state index contributed by atoms with van der Waals surface area (Å²) in [6.07, 6.45) is 1.92. The molecule has 2 rings (SSSR count). The van der Waals surface area contributed by atoms with Crippen LogP contribution in [0.15, 0.2) is 29.3 Å². The van der Waals surface area contributed by atoms with Gasteiger partial charge < -0.3 is 10.3 Å². The molecule has 16 heavy (non-hydrogen) atoms. The summed E-state index contributed by atoms with van der Waals surface area (Å²) in [5.74, 6) is 1.01. The first kappa shape index (κ1) is 11.3. The third kappa shape index (κ3) is 2.02. The number of aromatic nitrogens is 1. The number of nitrogen functional groups attached to an aromatic ring is 1. The van der Waals surface area contributed by atoms with Crippen LogP contribution in [0.2, 0.25) is 0 Å². The van der Waals surface area contributed by atoms with Crippen LogP contribution >= 0.6 is 11.8 Å². The van der Waals surface area contributed by atoms with Crippen LogP contribution in [0.3, 0.4) is 0 Å². The molecule has 1 aromatic heterocycles. The maximum atomic E-state index is 12.4. The van der Waals surface area contributed by atoms with E-state index in [4.69, 9.17) is 5.73 Å². The molecule has 1 aromatic carbocycles. The zero-order chi connectivity index (χ0) is 11.5. The maximum Gasteiger partial charge on any atom is 0.107 e. The van der Waals surface area contributed by atoms with E-state index in [1.165, 1.54) is 4.90 Å². The first-order valence-corrected chi connectivity index (χ1v) is 6.32. The summed E-state index contributed by atoms with van der Waals surface area (Å²) < 4.78 is 14.3. The van der Waals surface area contributed by atoms with Crippen LogP contribution in [0, 0.1) is 0 Å². The van der Waals surface area contributed by atoms with Gasteiger partial charge in [0, 0.05) is 22.2 Å². The highest BCUT2D eigenvalue weighted by molar-refractivity contribution is 7.99. The third-order valence-electron chi connectivity index (χ3n) is 2.50. The number of nitrogens with zero attached hydrogens (tertiary/aromatic N) is 1. The molecule has 0 aliphatic heterocycles. The van der Waals surface area contributed by atoms with E-state index in [0.29, 0.717) is 6.54 Å². The number of hydrogen-bond acceptors (Lipinski definition) is 2. The van der Waals surface area contributed by atoms with Crippen molar-refractivity contribution in [2.45, 2.75) is 18.4 Å². The molecule has 0 unspecified atom stereocenters. The predicted molar refractivity (Wildman–Crippen MR) is 68.7 cm³/mol. The molecule has 2 N–H and O–H groups in total. The Morgan fingerprint density at radius 2 is 2.25 bits per heavy atom. The zero-order valence-electron chi connectivity index (χ0n) is 9.24. The molecule has 0 fully saturated rings.